The van der Waals surface area contributed by atoms with E-state index in [9.17, 15) is 9.59 Å². The molecule has 4 rings (SSSR count). The van der Waals surface area contributed by atoms with E-state index >= 15 is 0 Å². The van der Waals surface area contributed by atoms with Gasteiger partial charge in [0.15, 0.2) is 5.82 Å². The first-order valence-electron chi connectivity index (χ1n) is 8.96. The van der Waals surface area contributed by atoms with E-state index in [1.807, 2.05) is 31.2 Å². The monoisotopic (exact) mass is 395 g/mol. The number of nitrogens with zero attached hydrogens (tertiary/aromatic N) is 3. The second kappa shape index (κ2) is 7.44. The van der Waals surface area contributed by atoms with E-state index in [4.69, 9.17) is 11.6 Å². The molecule has 2 amide bonds. The van der Waals surface area contributed by atoms with Crippen molar-refractivity contribution in [2.24, 2.45) is 0 Å². The third-order valence-electron chi connectivity index (χ3n) is 4.62. The molecular weight excluding hydrogens is 378 g/mol. The fourth-order valence-corrected chi connectivity index (χ4v) is 3.28. The van der Waals surface area contributed by atoms with Crippen LogP contribution in [0.2, 0.25) is 5.02 Å². The maximum atomic E-state index is 12.5. The van der Waals surface area contributed by atoms with Gasteiger partial charge in [0, 0.05) is 16.3 Å². The Hall–Kier alpha value is -3.19. The summed E-state index contributed by atoms with van der Waals surface area (Å²) in [6.45, 7) is 2.02. The summed E-state index contributed by atoms with van der Waals surface area (Å²) in [7, 11) is 0. The summed E-state index contributed by atoms with van der Waals surface area (Å²) in [5.74, 6) is 0.254. The fraction of sp³-hybridized carbons (Fsp3) is 0.200. The summed E-state index contributed by atoms with van der Waals surface area (Å²) in [6, 6.07) is 14.0. The van der Waals surface area contributed by atoms with Crippen LogP contribution in [-0.4, -0.2) is 26.6 Å². The summed E-state index contributed by atoms with van der Waals surface area (Å²) in [5.41, 5.74) is 2.58. The smallest absolute Gasteiger partial charge is 0.252 e. The van der Waals surface area contributed by atoms with Crippen molar-refractivity contribution < 1.29 is 9.59 Å². The van der Waals surface area contributed by atoms with Crippen molar-refractivity contribution in [3.05, 3.63) is 59.1 Å². The molecule has 7 nitrogen and oxygen atoms in total. The Kier molecular flexibility index (Phi) is 4.83. The van der Waals surface area contributed by atoms with Crippen LogP contribution in [0.1, 0.15) is 24.9 Å². The molecule has 28 heavy (non-hydrogen) atoms. The Morgan fingerprint density at radius 2 is 1.96 bits per heavy atom. The summed E-state index contributed by atoms with van der Waals surface area (Å²) >= 11 is 5.91. The van der Waals surface area contributed by atoms with Crippen LogP contribution in [0.4, 0.5) is 11.6 Å². The van der Waals surface area contributed by atoms with Crippen molar-refractivity contribution in [2.45, 2.75) is 25.8 Å². The first kappa shape index (κ1) is 18.2. The number of aryl methyl sites for hydroxylation is 1. The van der Waals surface area contributed by atoms with Gasteiger partial charge in [-0.3, -0.25) is 14.9 Å². The number of carbonyl (C=O) groups excluding carboxylic acids is 2. The van der Waals surface area contributed by atoms with Gasteiger partial charge in [0.2, 0.25) is 11.9 Å². The summed E-state index contributed by atoms with van der Waals surface area (Å²) in [4.78, 5) is 29.2. The van der Waals surface area contributed by atoms with Crippen LogP contribution < -0.4 is 10.6 Å². The van der Waals surface area contributed by atoms with Gasteiger partial charge >= 0.3 is 0 Å². The molecular formula is C20H18ClN5O2. The number of benzene rings is 2. The number of aromatic nitrogens is 3. The SMILES string of the molecule is CCc1ccccc1NC(=O)CC1C(=O)Nc2nc(-c3ccc(Cl)cc3)nn21. The Labute approximate surface area is 166 Å². The van der Waals surface area contributed by atoms with Crippen molar-refractivity contribution in [3.8, 4) is 11.4 Å². The number of rotatable bonds is 5. The average Bonchev–Trinajstić information content (AvgIpc) is 3.21. The predicted octanol–water partition coefficient (Wildman–Crippen LogP) is 3.68. The number of fused-ring (bicyclic) bond motifs is 1. The molecule has 0 fully saturated rings. The van der Waals surface area contributed by atoms with E-state index in [1.54, 1.807) is 24.3 Å². The molecule has 0 saturated heterocycles. The molecule has 0 saturated carbocycles. The number of anilines is 2. The highest BCUT2D eigenvalue weighted by Crippen LogP contribution is 2.29. The molecule has 1 unspecified atom stereocenters. The molecule has 1 aliphatic rings. The second-order valence-corrected chi connectivity index (χ2v) is 6.91. The Morgan fingerprint density at radius 3 is 2.71 bits per heavy atom. The van der Waals surface area contributed by atoms with Crippen LogP contribution in [-0.2, 0) is 16.0 Å². The molecule has 0 radical (unpaired) electrons. The van der Waals surface area contributed by atoms with Crippen molar-refractivity contribution in [1.29, 1.82) is 0 Å². The highest BCUT2D eigenvalue weighted by atomic mass is 35.5. The lowest BCUT2D eigenvalue weighted by Crippen LogP contribution is -2.24. The number of nitrogens with one attached hydrogen (secondary N) is 2. The Bertz CT molecular complexity index is 1050. The molecule has 0 spiro atoms. The molecule has 8 heteroatoms. The van der Waals surface area contributed by atoms with Gasteiger partial charge in [-0.2, -0.15) is 4.98 Å². The van der Waals surface area contributed by atoms with Gasteiger partial charge < -0.3 is 5.32 Å². The Morgan fingerprint density at radius 1 is 1.21 bits per heavy atom. The molecule has 2 N–H and O–H groups in total. The minimum absolute atomic E-state index is 0.0275. The standard InChI is InChI=1S/C20H18ClN5O2/c1-2-12-5-3-4-6-15(12)22-17(27)11-16-19(28)24-20-23-18(25-26(16)20)13-7-9-14(21)10-8-13/h3-10,16H,2,11H2,1H3,(H,22,27)(H,23,24,25,28). The molecule has 0 aliphatic carbocycles. The van der Waals surface area contributed by atoms with Crippen LogP contribution in [0.5, 0.6) is 0 Å². The van der Waals surface area contributed by atoms with Gasteiger partial charge in [-0.05, 0) is 42.3 Å². The largest absolute Gasteiger partial charge is 0.326 e. The summed E-state index contributed by atoms with van der Waals surface area (Å²) < 4.78 is 1.47. The Balaban J connectivity index is 1.52. The zero-order valence-corrected chi connectivity index (χ0v) is 15.9. The number of halogens is 1. The van der Waals surface area contributed by atoms with Crippen LogP contribution >= 0.6 is 11.6 Å². The second-order valence-electron chi connectivity index (χ2n) is 6.48. The molecule has 3 aromatic rings. The number of para-hydroxylation sites is 1. The molecule has 2 aromatic carbocycles. The van der Waals surface area contributed by atoms with Gasteiger partial charge in [-0.1, -0.05) is 36.7 Å². The van der Waals surface area contributed by atoms with E-state index in [2.05, 4.69) is 20.7 Å². The number of hydrogen-bond acceptors (Lipinski definition) is 4. The van der Waals surface area contributed by atoms with Gasteiger partial charge in [0.1, 0.15) is 6.04 Å². The lowest BCUT2D eigenvalue weighted by atomic mass is 10.1. The first-order chi connectivity index (χ1) is 13.5. The minimum atomic E-state index is -0.739. The van der Waals surface area contributed by atoms with Crippen molar-refractivity contribution in [3.63, 3.8) is 0 Å². The van der Waals surface area contributed by atoms with Crippen molar-refractivity contribution in [2.75, 3.05) is 10.6 Å². The van der Waals surface area contributed by atoms with Gasteiger partial charge in [-0.25, -0.2) is 4.68 Å². The number of amides is 2. The van der Waals surface area contributed by atoms with E-state index in [-0.39, 0.29) is 18.2 Å². The summed E-state index contributed by atoms with van der Waals surface area (Å²) in [6.07, 6.45) is 0.776. The molecule has 1 aromatic heterocycles. The zero-order valence-electron chi connectivity index (χ0n) is 15.1. The van der Waals surface area contributed by atoms with E-state index < -0.39 is 6.04 Å². The van der Waals surface area contributed by atoms with Crippen LogP contribution in [0.3, 0.4) is 0 Å². The maximum absolute atomic E-state index is 12.5. The van der Waals surface area contributed by atoms with E-state index in [0.717, 1.165) is 23.2 Å². The molecule has 1 atom stereocenters. The van der Waals surface area contributed by atoms with E-state index in [0.29, 0.717) is 16.8 Å². The van der Waals surface area contributed by atoms with Crippen LogP contribution in [0, 0.1) is 0 Å². The number of carbonyl (C=O) groups is 2. The quantitative estimate of drug-likeness (QED) is 0.689. The van der Waals surface area contributed by atoms with Gasteiger partial charge in [0.05, 0.1) is 6.42 Å². The van der Waals surface area contributed by atoms with Crippen molar-refractivity contribution >= 4 is 35.1 Å². The zero-order chi connectivity index (χ0) is 19.7. The molecule has 0 bridgehead atoms. The van der Waals surface area contributed by atoms with E-state index in [1.165, 1.54) is 4.68 Å². The third kappa shape index (κ3) is 3.48. The number of hydrogen-bond donors (Lipinski definition) is 2. The minimum Gasteiger partial charge on any atom is -0.326 e. The van der Waals surface area contributed by atoms with Crippen molar-refractivity contribution in [1.82, 2.24) is 14.8 Å². The third-order valence-corrected chi connectivity index (χ3v) is 4.87. The van der Waals surface area contributed by atoms with Crippen LogP contribution in [0.25, 0.3) is 11.4 Å². The summed E-state index contributed by atoms with van der Waals surface area (Å²) in [5, 5.41) is 10.6. The topological polar surface area (TPSA) is 88.9 Å². The van der Waals surface area contributed by atoms with Crippen LogP contribution in [0.15, 0.2) is 48.5 Å². The fourth-order valence-electron chi connectivity index (χ4n) is 3.16. The maximum Gasteiger partial charge on any atom is 0.252 e. The molecule has 1 aliphatic heterocycles. The lowest BCUT2D eigenvalue weighted by Gasteiger charge is -2.12. The van der Waals surface area contributed by atoms with Gasteiger partial charge in [-0.15, -0.1) is 5.10 Å². The lowest BCUT2D eigenvalue weighted by molar-refractivity contribution is -0.123. The first-order valence-corrected chi connectivity index (χ1v) is 9.34. The average molecular weight is 396 g/mol. The molecule has 2 heterocycles. The normalized spacial score (nSPS) is 15.2. The predicted molar refractivity (Wildman–Crippen MR) is 107 cm³/mol. The van der Waals surface area contributed by atoms with Gasteiger partial charge in [0.25, 0.3) is 5.91 Å². The highest BCUT2D eigenvalue weighted by molar-refractivity contribution is 6.30. The highest BCUT2D eigenvalue weighted by Gasteiger charge is 2.35. The molecule has 142 valence electrons.